The van der Waals surface area contributed by atoms with E-state index in [-0.39, 0.29) is 11.2 Å². The van der Waals surface area contributed by atoms with Crippen LogP contribution >= 0.6 is 11.6 Å². The number of allylic oxidation sites excluding steroid dienone is 1. The van der Waals surface area contributed by atoms with Crippen molar-refractivity contribution in [3.63, 3.8) is 0 Å². The number of nitrogens with zero attached hydrogens (tertiary/aromatic N) is 4. The number of anilines is 1. The molecule has 8 nitrogen and oxygen atoms in total. The summed E-state index contributed by atoms with van der Waals surface area (Å²) in [6.07, 6.45) is 3.82. The van der Waals surface area contributed by atoms with Gasteiger partial charge in [0.1, 0.15) is 0 Å². The number of fused-ring (bicyclic) bond motifs is 1. The van der Waals surface area contributed by atoms with Gasteiger partial charge in [-0.05, 0) is 36.3 Å². The number of hydrogen-bond acceptors (Lipinski definition) is 5. The second kappa shape index (κ2) is 9.07. The maximum absolute atomic E-state index is 12.6. The van der Waals surface area contributed by atoms with Gasteiger partial charge in [-0.2, -0.15) is 10.1 Å². The number of imidazole rings is 1. The summed E-state index contributed by atoms with van der Waals surface area (Å²) in [5.41, 5.74) is 5.11. The summed E-state index contributed by atoms with van der Waals surface area (Å²) >= 11 is 5.99. The van der Waals surface area contributed by atoms with Crippen LogP contribution in [0.4, 0.5) is 5.95 Å². The Morgan fingerprint density at radius 3 is 2.59 bits per heavy atom. The highest BCUT2D eigenvalue weighted by Crippen LogP contribution is 2.19. The zero-order chi connectivity index (χ0) is 22.7. The van der Waals surface area contributed by atoms with Gasteiger partial charge in [0.15, 0.2) is 11.2 Å². The standard InChI is InChI=1S/C23H21ClN6O2/c1-15(8-9-16-6-4-3-5-7-16)27-28-22-25-20-19(21(31)26-23(32)29(20)2)30(22)14-17-10-12-18(24)13-11-17/h3-13H,14H2,1-2H3,(H,25,28)(H,26,31,32). The number of aryl methyl sites for hydroxylation is 1. The summed E-state index contributed by atoms with van der Waals surface area (Å²) < 4.78 is 2.99. The van der Waals surface area contributed by atoms with Crippen molar-refractivity contribution in [1.82, 2.24) is 19.1 Å². The largest absolute Gasteiger partial charge is 0.329 e. The number of benzene rings is 2. The van der Waals surface area contributed by atoms with Crippen LogP contribution in [0.2, 0.25) is 5.02 Å². The molecule has 0 unspecified atom stereocenters. The average Bonchev–Trinajstić information content (AvgIpc) is 3.15. The smallest absolute Gasteiger partial charge is 0.298 e. The van der Waals surface area contributed by atoms with Gasteiger partial charge in [0.05, 0.1) is 12.3 Å². The van der Waals surface area contributed by atoms with Gasteiger partial charge in [0, 0.05) is 12.1 Å². The third-order valence-corrected chi connectivity index (χ3v) is 5.16. The predicted octanol–water partition coefficient (Wildman–Crippen LogP) is 3.63. The van der Waals surface area contributed by atoms with Crippen molar-refractivity contribution in [2.45, 2.75) is 13.5 Å². The van der Waals surface area contributed by atoms with Gasteiger partial charge in [-0.15, -0.1) is 0 Å². The van der Waals surface area contributed by atoms with E-state index < -0.39 is 11.2 Å². The minimum Gasteiger partial charge on any atom is -0.298 e. The van der Waals surface area contributed by atoms with E-state index in [1.165, 1.54) is 4.57 Å². The molecule has 32 heavy (non-hydrogen) atoms. The normalized spacial score (nSPS) is 12.0. The lowest BCUT2D eigenvalue weighted by Gasteiger charge is -2.09. The quantitative estimate of drug-likeness (QED) is 0.347. The van der Waals surface area contributed by atoms with E-state index in [2.05, 4.69) is 20.5 Å². The molecule has 2 aromatic carbocycles. The molecule has 0 bridgehead atoms. The monoisotopic (exact) mass is 448 g/mol. The van der Waals surface area contributed by atoms with Crippen molar-refractivity contribution < 1.29 is 0 Å². The van der Waals surface area contributed by atoms with Crippen LogP contribution in [-0.2, 0) is 13.6 Å². The SMILES string of the molecule is CC(C=Cc1ccccc1)=NNc1nc2c(c(=O)[nH]c(=O)n2C)n1Cc1ccc(Cl)cc1. The van der Waals surface area contributed by atoms with Crippen LogP contribution in [0.3, 0.4) is 0 Å². The molecule has 0 atom stereocenters. The van der Waals surface area contributed by atoms with Gasteiger partial charge >= 0.3 is 5.69 Å². The summed E-state index contributed by atoms with van der Waals surface area (Å²) in [7, 11) is 1.56. The molecule has 162 valence electrons. The maximum Gasteiger partial charge on any atom is 0.329 e. The van der Waals surface area contributed by atoms with Crippen molar-refractivity contribution in [2.24, 2.45) is 12.1 Å². The fraction of sp³-hybridized carbons (Fsp3) is 0.130. The summed E-state index contributed by atoms with van der Waals surface area (Å²) in [6, 6.07) is 17.2. The molecule has 0 amide bonds. The fourth-order valence-corrected chi connectivity index (χ4v) is 3.33. The van der Waals surface area contributed by atoms with Gasteiger partial charge in [0.2, 0.25) is 5.95 Å². The van der Waals surface area contributed by atoms with E-state index in [1.54, 1.807) is 23.7 Å². The Bertz CT molecular complexity index is 1430. The number of rotatable bonds is 6. The Morgan fingerprint density at radius 2 is 1.88 bits per heavy atom. The van der Waals surface area contributed by atoms with Gasteiger partial charge in [0.25, 0.3) is 5.56 Å². The summed E-state index contributed by atoms with van der Waals surface area (Å²) in [6.45, 7) is 2.19. The zero-order valence-corrected chi connectivity index (χ0v) is 18.3. The van der Waals surface area contributed by atoms with Crippen molar-refractivity contribution in [3.8, 4) is 0 Å². The molecule has 2 N–H and O–H groups in total. The van der Waals surface area contributed by atoms with Crippen LogP contribution in [0.5, 0.6) is 0 Å². The van der Waals surface area contributed by atoms with Crippen LogP contribution in [0.1, 0.15) is 18.1 Å². The number of nitrogens with one attached hydrogen (secondary N) is 2. The number of H-pyrrole nitrogens is 1. The highest BCUT2D eigenvalue weighted by molar-refractivity contribution is 6.30. The van der Waals surface area contributed by atoms with Crippen LogP contribution < -0.4 is 16.7 Å². The van der Waals surface area contributed by atoms with Crippen LogP contribution in [0, 0.1) is 0 Å². The van der Waals surface area contributed by atoms with E-state index in [0.29, 0.717) is 23.2 Å². The van der Waals surface area contributed by atoms with Crippen molar-refractivity contribution in [2.75, 3.05) is 5.43 Å². The molecule has 0 aliphatic carbocycles. The van der Waals surface area contributed by atoms with E-state index >= 15 is 0 Å². The zero-order valence-electron chi connectivity index (χ0n) is 17.5. The lowest BCUT2D eigenvalue weighted by Crippen LogP contribution is -2.29. The Balaban J connectivity index is 1.72. The molecule has 4 rings (SSSR count). The first-order valence-electron chi connectivity index (χ1n) is 9.90. The Labute approximate surface area is 188 Å². The Morgan fingerprint density at radius 1 is 1.16 bits per heavy atom. The maximum atomic E-state index is 12.6. The first kappa shape index (κ1) is 21.3. The van der Waals surface area contributed by atoms with Crippen LogP contribution in [0.25, 0.3) is 17.2 Å². The lowest BCUT2D eigenvalue weighted by atomic mass is 10.2. The molecule has 2 heterocycles. The highest BCUT2D eigenvalue weighted by atomic mass is 35.5. The molecule has 0 spiro atoms. The first-order valence-corrected chi connectivity index (χ1v) is 10.3. The Kier molecular flexibility index (Phi) is 6.04. The summed E-state index contributed by atoms with van der Waals surface area (Å²) in [5, 5.41) is 5.00. The molecule has 4 aromatic rings. The second-order valence-electron chi connectivity index (χ2n) is 7.25. The number of hydrazone groups is 1. The van der Waals surface area contributed by atoms with E-state index in [0.717, 1.165) is 11.1 Å². The molecule has 2 aromatic heterocycles. The van der Waals surface area contributed by atoms with Crippen molar-refractivity contribution in [3.05, 3.63) is 97.7 Å². The minimum atomic E-state index is -0.532. The molecule has 0 saturated carbocycles. The van der Waals surface area contributed by atoms with Crippen LogP contribution in [0.15, 0.2) is 75.4 Å². The third kappa shape index (κ3) is 4.55. The molecule has 0 radical (unpaired) electrons. The third-order valence-electron chi connectivity index (χ3n) is 4.91. The number of aromatic amines is 1. The van der Waals surface area contributed by atoms with Crippen molar-refractivity contribution in [1.29, 1.82) is 0 Å². The molecular weight excluding hydrogens is 428 g/mol. The van der Waals surface area contributed by atoms with E-state index in [1.807, 2.05) is 61.5 Å². The Hall–Kier alpha value is -3.91. The van der Waals surface area contributed by atoms with Gasteiger partial charge in [-0.25, -0.2) is 10.2 Å². The molecule has 0 saturated heterocycles. The number of aromatic nitrogens is 4. The lowest BCUT2D eigenvalue weighted by molar-refractivity contribution is 0.808. The molecule has 0 aliphatic heterocycles. The van der Waals surface area contributed by atoms with Crippen LogP contribution in [-0.4, -0.2) is 24.8 Å². The van der Waals surface area contributed by atoms with Gasteiger partial charge in [-0.3, -0.25) is 18.9 Å². The minimum absolute atomic E-state index is 0.267. The summed E-state index contributed by atoms with van der Waals surface area (Å²) in [4.78, 5) is 31.4. The topological polar surface area (TPSA) is 97.1 Å². The second-order valence-corrected chi connectivity index (χ2v) is 7.68. The van der Waals surface area contributed by atoms with Gasteiger partial charge in [-0.1, -0.05) is 60.1 Å². The van der Waals surface area contributed by atoms with E-state index in [9.17, 15) is 9.59 Å². The first-order chi connectivity index (χ1) is 15.4. The van der Waals surface area contributed by atoms with Crippen molar-refractivity contribution >= 4 is 40.5 Å². The fourth-order valence-electron chi connectivity index (χ4n) is 3.20. The molecule has 0 aliphatic rings. The summed E-state index contributed by atoms with van der Waals surface area (Å²) in [5.74, 6) is 0.342. The predicted molar refractivity (Wildman–Crippen MR) is 128 cm³/mol. The number of hydrogen-bond donors (Lipinski definition) is 2. The highest BCUT2D eigenvalue weighted by Gasteiger charge is 2.17. The number of halogens is 1. The molecule has 9 heteroatoms. The molecule has 0 fully saturated rings. The average molecular weight is 449 g/mol. The molecular formula is C23H21ClN6O2. The van der Waals surface area contributed by atoms with Gasteiger partial charge < -0.3 is 0 Å². The van der Waals surface area contributed by atoms with E-state index in [4.69, 9.17) is 11.6 Å².